The molecule has 1 amide bonds. The minimum Gasteiger partial charge on any atom is -0.399 e. The quantitative estimate of drug-likeness (QED) is 0.503. The first-order valence-electron chi connectivity index (χ1n) is 8.80. The number of aromatic nitrogens is 2. The molecular weight excluding hydrogens is 328 g/mol. The lowest BCUT2D eigenvalue weighted by molar-refractivity contribution is 0.102. The summed E-state index contributed by atoms with van der Waals surface area (Å²) in [5.41, 5.74) is 9.65. The number of benzene rings is 2. The maximum atomic E-state index is 12.7. The molecule has 0 saturated carbocycles. The molecule has 0 unspecified atom stereocenters. The Morgan fingerprint density at radius 2 is 2.08 bits per heavy atom. The van der Waals surface area contributed by atoms with Crippen LogP contribution in [-0.2, 0) is 11.3 Å². The van der Waals surface area contributed by atoms with Crippen LogP contribution in [0.5, 0.6) is 0 Å². The highest BCUT2D eigenvalue weighted by Crippen LogP contribution is 2.21. The second-order valence-corrected chi connectivity index (χ2v) is 6.15. The molecule has 136 valence electrons. The van der Waals surface area contributed by atoms with Gasteiger partial charge in [0, 0.05) is 31.0 Å². The molecular formula is C20H24N4O2. The molecule has 0 saturated heterocycles. The van der Waals surface area contributed by atoms with Gasteiger partial charge in [0.25, 0.3) is 5.91 Å². The number of amides is 1. The molecule has 6 heteroatoms. The van der Waals surface area contributed by atoms with Gasteiger partial charge in [-0.15, -0.1) is 0 Å². The molecule has 3 rings (SSSR count). The third-order valence-corrected chi connectivity index (χ3v) is 4.26. The number of para-hydroxylation sites is 2. The fraction of sp³-hybridized carbons (Fsp3) is 0.300. The average Bonchev–Trinajstić information content (AvgIpc) is 2.98. The number of fused-ring (bicyclic) bond motifs is 1. The summed E-state index contributed by atoms with van der Waals surface area (Å²) in [6.07, 6.45) is 0.842. The Hall–Kier alpha value is -2.86. The second-order valence-electron chi connectivity index (χ2n) is 6.15. The largest absolute Gasteiger partial charge is 0.399 e. The van der Waals surface area contributed by atoms with E-state index in [4.69, 9.17) is 10.5 Å². The van der Waals surface area contributed by atoms with Crippen LogP contribution in [-0.4, -0.2) is 28.7 Å². The summed E-state index contributed by atoms with van der Waals surface area (Å²) in [6, 6.07) is 13.2. The monoisotopic (exact) mass is 352 g/mol. The highest BCUT2D eigenvalue weighted by Gasteiger charge is 2.15. The van der Waals surface area contributed by atoms with Crippen LogP contribution in [0.1, 0.15) is 29.3 Å². The SMILES string of the molecule is CCOCCCn1c(NC(=O)c2cc(N)ccc2C)nc2ccccc21. The molecule has 2 aromatic carbocycles. The van der Waals surface area contributed by atoms with Gasteiger partial charge >= 0.3 is 0 Å². The zero-order valence-corrected chi connectivity index (χ0v) is 15.2. The van der Waals surface area contributed by atoms with E-state index in [1.165, 1.54) is 0 Å². The Labute approximate surface area is 153 Å². The van der Waals surface area contributed by atoms with E-state index in [9.17, 15) is 4.79 Å². The smallest absolute Gasteiger partial charge is 0.258 e. The van der Waals surface area contributed by atoms with Gasteiger partial charge in [-0.25, -0.2) is 4.98 Å². The van der Waals surface area contributed by atoms with Gasteiger partial charge in [0.1, 0.15) is 0 Å². The van der Waals surface area contributed by atoms with Gasteiger partial charge in [0.2, 0.25) is 5.95 Å². The highest BCUT2D eigenvalue weighted by atomic mass is 16.5. The van der Waals surface area contributed by atoms with Crippen LogP contribution in [0.25, 0.3) is 11.0 Å². The highest BCUT2D eigenvalue weighted by molar-refractivity contribution is 6.05. The van der Waals surface area contributed by atoms with Crippen LogP contribution >= 0.6 is 0 Å². The standard InChI is InChI=1S/C20H24N4O2/c1-3-26-12-6-11-24-18-8-5-4-7-17(18)22-20(24)23-19(25)16-13-15(21)10-9-14(16)2/h4-5,7-10,13H,3,6,11-12,21H2,1-2H3,(H,22,23,25). The van der Waals surface area contributed by atoms with E-state index in [2.05, 4.69) is 10.3 Å². The van der Waals surface area contributed by atoms with Crippen molar-refractivity contribution in [1.82, 2.24) is 9.55 Å². The van der Waals surface area contributed by atoms with Crippen molar-refractivity contribution in [3.05, 3.63) is 53.6 Å². The van der Waals surface area contributed by atoms with E-state index in [-0.39, 0.29) is 5.91 Å². The van der Waals surface area contributed by atoms with Crippen molar-refractivity contribution in [3.63, 3.8) is 0 Å². The topological polar surface area (TPSA) is 82.2 Å². The first-order chi connectivity index (χ1) is 12.6. The summed E-state index contributed by atoms with van der Waals surface area (Å²) >= 11 is 0. The maximum Gasteiger partial charge on any atom is 0.258 e. The summed E-state index contributed by atoms with van der Waals surface area (Å²) in [5, 5.41) is 2.94. The van der Waals surface area contributed by atoms with Crippen molar-refractivity contribution in [3.8, 4) is 0 Å². The number of nitrogens with zero attached hydrogens (tertiary/aromatic N) is 2. The van der Waals surface area contributed by atoms with Crippen LogP contribution in [0.3, 0.4) is 0 Å². The van der Waals surface area contributed by atoms with E-state index in [0.29, 0.717) is 37.0 Å². The number of hydrogen-bond acceptors (Lipinski definition) is 4. The normalized spacial score (nSPS) is 11.0. The minimum atomic E-state index is -0.212. The Bertz CT molecular complexity index is 917. The molecule has 1 heterocycles. The van der Waals surface area contributed by atoms with Crippen molar-refractivity contribution < 1.29 is 9.53 Å². The maximum absolute atomic E-state index is 12.7. The van der Waals surface area contributed by atoms with Crippen LogP contribution in [0, 0.1) is 6.92 Å². The molecule has 0 aliphatic rings. The van der Waals surface area contributed by atoms with Gasteiger partial charge < -0.3 is 15.0 Å². The van der Waals surface area contributed by atoms with E-state index in [1.54, 1.807) is 12.1 Å². The van der Waals surface area contributed by atoms with Crippen LogP contribution in [0.4, 0.5) is 11.6 Å². The number of rotatable bonds is 7. The number of carbonyl (C=O) groups is 1. The van der Waals surface area contributed by atoms with Crippen LogP contribution < -0.4 is 11.1 Å². The van der Waals surface area contributed by atoms with E-state index >= 15 is 0 Å². The van der Waals surface area contributed by atoms with Crippen LogP contribution in [0.15, 0.2) is 42.5 Å². The molecule has 3 N–H and O–H groups in total. The summed E-state index contributed by atoms with van der Waals surface area (Å²) in [7, 11) is 0. The first-order valence-corrected chi connectivity index (χ1v) is 8.80. The molecule has 0 aliphatic carbocycles. The third-order valence-electron chi connectivity index (χ3n) is 4.26. The number of aryl methyl sites for hydroxylation is 2. The van der Waals surface area contributed by atoms with Crippen molar-refractivity contribution in [2.75, 3.05) is 24.3 Å². The molecule has 0 spiro atoms. The van der Waals surface area contributed by atoms with Crippen molar-refractivity contribution in [2.24, 2.45) is 0 Å². The molecule has 0 bridgehead atoms. The summed E-state index contributed by atoms with van der Waals surface area (Å²) in [6.45, 7) is 5.95. The summed E-state index contributed by atoms with van der Waals surface area (Å²) in [4.78, 5) is 17.3. The molecule has 0 radical (unpaired) electrons. The molecule has 6 nitrogen and oxygen atoms in total. The average molecular weight is 352 g/mol. The Balaban J connectivity index is 1.88. The van der Waals surface area contributed by atoms with Crippen molar-refractivity contribution in [1.29, 1.82) is 0 Å². The minimum absolute atomic E-state index is 0.212. The van der Waals surface area contributed by atoms with E-state index in [0.717, 1.165) is 23.0 Å². The molecule has 3 aromatic rings. The first kappa shape index (κ1) is 17.9. The number of nitrogen functional groups attached to an aromatic ring is 1. The molecule has 0 fully saturated rings. The summed E-state index contributed by atoms with van der Waals surface area (Å²) < 4.78 is 7.45. The molecule has 26 heavy (non-hydrogen) atoms. The van der Waals surface area contributed by atoms with Gasteiger partial charge in [-0.3, -0.25) is 10.1 Å². The van der Waals surface area contributed by atoms with Crippen molar-refractivity contribution >= 4 is 28.6 Å². The van der Waals surface area contributed by atoms with Gasteiger partial charge in [0.15, 0.2) is 0 Å². The number of anilines is 2. The number of nitrogens with one attached hydrogen (secondary N) is 1. The Kier molecular flexibility index (Phi) is 5.53. The zero-order chi connectivity index (χ0) is 18.5. The molecule has 0 atom stereocenters. The molecule has 0 aliphatic heterocycles. The summed E-state index contributed by atoms with van der Waals surface area (Å²) in [5.74, 6) is 0.325. The van der Waals surface area contributed by atoms with Gasteiger partial charge in [-0.1, -0.05) is 18.2 Å². The number of nitrogens with two attached hydrogens (primary N) is 1. The van der Waals surface area contributed by atoms with Gasteiger partial charge in [0.05, 0.1) is 11.0 Å². The fourth-order valence-electron chi connectivity index (χ4n) is 2.92. The number of carbonyl (C=O) groups excluding carboxylic acids is 1. The second kappa shape index (κ2) is 8.01. The number of imidazole rings is 1. The van der Waals surface area contributed by atoms with Crippen LogP contribution in [0.2, 0.25) is 0 Å². The lowest BCUT2D eigenvalue weighted by atomic mass is 10.1. The Morgan fingerprint density at radius 3 is 2.88 bits per heavy atom. The third kappa shape index (κ3) is 3.86. The number of hydrogen-bond donors (Lipinski definition) is 2. The lowest BCUT2D eigenvalue weighted by Gasteiger charge is -2.11. The predicted octanol–water partition coefficient (Wildman–Crippen LogP) is 3.61. The Morgan fingerprint density at radius 1 is 1.27 bits per heavy atom. The number of ether oxygens (including phenoxy) is 1. The van der Waals surface area contributed by atoms with E-state index < -0.39 is 0 Å². The van der Waals surface area contributed by atoms with Gasteiger partial charge in [-0.05, 0) is 50.1 Å². The van der Waals surface area contributed by atoms with Gasteiger partial charge in [-0.2, -0.15) is 0 Å². The fourth-order valence-corrected chi connectivity index (χ4v) is 2.92. The lowest BCUT2D eigenvalue weighted by Crippen LogP contribution is -2.17. The van der Waals surface area contributed by atoms with Crippen molar-refractivity contribution in [2.45, 2.75) is 26.8 Å². The predicted molar refractivity (Wildman–Crippen MR) is 104 cm³/mol. The van der Waals surface area contributed by atoms with E-state index in [1.807, 2.05) is 48.7 Å². The zero-order valence-electron chi connectivity index (χ0n) is 15.2. The molecule has 1 aromatic heterocycles.